The second-order valence-electron chi connectivity index (χ2n) is 8.36. The lowest BCUT2D eigenvalue weighted by atomic mass is 9.58. The molecule has 0 spiro atoms. The molecule has 0 aliphatic heterocycles. The Morgan fingerprint density at radius 3 is 2.47 bits per heavy atom. The number of rotatable bonds is 2. The molecule has 1 aromatic rings. The molecule has 0 bridgehead atoms. The molecule has 170 valence electrons. The summed E-state index contributed by atoms with van der Waals surface area (Å²) in [6, 6.07) is -1.11. The van der Waals surface area contributed by atoms with Crippen LogP contribution in [0.2, 0.25) is 0 Å². The first-order valence-electron chi connectivity index (χ1n) is 9.55. The van der Waals surface area contributed by atoms with Crippen LogP contribution in [-0.4, -0.2) is 73.5 Å². The third kappa shape index (κ3) is 2.69. The third-order valence-electron chi connectivity index (χ3n) is 6.49. The van der Waals surface area contributed by atoms with Gasteiger partial charge in [0.05, 0.1) is 11.6 Å². The topological polar surface area (TPSA) is 174 Å². The predicted molar refractivity (Wildman–Crippen MR) is 109 cm³/mol. The number of pyridine rings is 1. The summed E-state index contributed by atoms with van der Waals surface area (Å²) in [5.74, 6) is -8.95. The maximum absolute atomic E-state index is 14.5. The maximum Gasteiger partial charge on any atom is 0.255 e. The van der Waals surface area contributed by atoms with Gasteiger partial charge in [0.2, 0.25) is 11.7 Å². The summed E-state index contributed by atoms with van der Waals surface area (Å²) in [6.45, 7) is 0. The molecule has 12 heteroatoms. The van der Waals surface area contributed by atoms with E-state index in [1.165, 1.54) is 19.0 Å². The number of hydrogen-bond donors (Lipinski definition) is 5. The zero-order valence-corrected chi connectivity index (χ0v) is 18.5. The zero-order valence-electron chi connectivity index (χ0n) is 16.9. The number of ketones is 2. The minimum atomic E-state index is -2.73. The maximum atomic E-state index is 14.5. The summed E-state index contributed by atoms with van der Waals surface area (Å²) in [5, 5.41) is 43.4. The van der Waals surface area contributed by atoms with E-state index in [1.54, 1.807) is 0 Å². The Balaban J connectivity index is 1.99. The summed E-state index contributed by atoms with van der Waals surface area (Å²) in [6.07, 6.45) is -0.282. The van der Waals surface area contributed by atoms with Gasteiger partial charge in [-0.25, -0.2) is 4.98 Å². The lowest BCUT2D eigenvalue weighted by Gasteiger charge is -2.50. The fourth-order valence-corrected chi connectivity index (χ4v) is 5.49. The second-order valence-corrected chi connectivity index (χ2v) is 9.11. The fraction of sp³-hybridized carbons (Fsp3) is 0.400. The summed E-state index contributed by atoms with van der Waals surface area (Å²) in [5.41, 5.74) is 0.665. The van der Waals surface area contributed by atoms with Gasteiger partial charge in [0.25, 0.3) is 5.91 Å². The van der Waals surface area contributed by atoms with Gasteiger partial charge in [-0.15, -0.1) is 0 Å². The number of aliphatic hydroxyl groups excluding tert-OH is 2. The molecule has 0 radical (unpaired) electrons. The highest BCUT2D eigenvalue weighted by atomic mass is 79.9. The van der Waals surface area contributed by atoms with Crippen LogP contribution in [0.5, 0.6) is 5.75 Å². The number of likely N-dealkylation sites (N-methyl/N-ethyl adjacent to an activating group) is 1. The molecule has 1 aromatic heterocycles. The van der Waals surface area contributed by atoms with Crippen molar-refractivity contribution in [2.24, 2.45) is 17.6 Å². The number of fused-ring (bicyclic) bond motifs is 3. The van der Waals surface area contributed by atoms with Crippen LogP contribution in [0.4, 0.5) is 4.39 Å². The molecule has 3 aliphatic rings. The number of aromatic hydroxyl groups is 1. The van der Waals surface area contributed by atoms with Gasteiger partial charge in [-0.3, -0.25) is 19.3 Å². The van der Waals surface area contributed by atoms with Crippen molar-refractivity contribution in [1.82, 2.24) is 9.88 Å². The number of aliphatic hydroxyl groups is 3. The molecule has 0 saturated heterocycles. The molecular weight excluding hydrogens is 493 g/mol. The van der Waals surface area contributed by atoms with Gasteiger partial charge in [0.15, 0.2) is 21.7 Å². The number of nitrogens with zero attached hydrogens (tertiary/aromatic N) is 2. The highest BCUT2D eigenvalue weighted by molar-refractivity contribution is 9.10. The lowest BCUT2D eigenvalue weighted by molar-refractivity contribution is -0.148. The lowest BCUT2D eigenvalue weighted by Crippen LogP contribution is -2.63. The van der Waals surface area contributed by atoms with E-state index in [9.17, 15) is 39.2 Å². The Morgan fingerprint density at radius 1 is 1.28 bits per heavy atom. The number of halogens is 2. The van der Waals surface area contributed by atoms with E-state index in [0.29, 0.717) is 0 Å². The largest absolute Gasteiger partial charge is 0.510 e. The average Bonchev–Trinajstić information content (AvgIpc) is 2.68. The molecule has 3 aliphatic carbocycles. The molecule has 4 atom stereocenters. The van der Waals surface area contributed by atoms with Gasteiger partial charge in [0, 0.05) is 17.1 Å². The monoisotopic (exact) mass is 511 g/mol. The van der Waals surface area contributed by atoms with Crippen molar-refractivity contribution in [3.63, 3.8) is 0 Å². The molecule has 4 rings (SSSR count). The summed E-state index contributed by atoms with van der Waals surface area (Å²) < 4.78 is 14.2. The number of primary amides is 1. The number of aromatic nitrogens is 1. The quantitative estimate of drug-likeness (QED) is 0.278. The van der Waals surface area contributed by atoms with E-state index in [-0.39, 0.29) is 28.6 Å². The van der Waals surface area contributed by atoms with Crippen molar-refractivity contribution in [2.45, 2.75) is 24.5 Å². The molecule has 0 fully saturated rings. The highest BCUT2D eigenvalue weighted by Gasteiger charge is 2.63. The van der Waals surface area contributed by atoms with Crippen LogP contribution < -0.4 is 5.73 Å². The first-order chi connectivity index (χ1) is 14.8. The minimum absolute atomic E-state index is 0.123. The van der Waals surface area contributed by atoms with E-state index in [4.69, 9.17) is 5.73 Å². The van der Waals surface area contributed by atoms with Gasteiger partial charge < -0.3 is 26.2 Å². The smallest absolute Gasteiger partial charge is 0.255 e. The summed E-state index contributed by atoms with van der Waals surface area (Å²) in [4.78, 5) is 43.2. The fourth-order valence-electron chi connectivity index (χ4n) is 5.14. The number of amides is 1. The van der Waals surface area contributed by atoms with Crippen LogP contribution in [0, 0.1) is 17.8 Å². The first-order valence-corrected chi connectivity index (χ1v) is 10.3. The number of hydrogen-bond acceptors (Lipinski definition) is 9. The van der Waals surface area contributed by atoms with Gasteiger partial charge in [-0.05, 0) is 48.8 Å². The summed E-state index contributed by atoms with van der Waals surface area (Å²) >= 11 is 2.86. The summed E-state index contributed by atoms with van der Waals surface area (Å²) in [7, 11) is 3.04. The molecular formula is C20H19BrFN3O7. The zero-order chi connectivity index (χ0) is 23.9. The Hall–Kier alpha value is -2.83. The second kappa shape index (κ2) is 7.09. The molecule has 1 heterocycles. The van der Waals surface area contributed by atoms with Crippen LogP contribution in [0.3, 0.4) is 0 Å². The van der Waals surface area contributed by atoms with Crippen LogP contribution in [0.25, 0.3) is 0 Å². The van der Waals surface area contributed by atoms with Crippen LogP contribution in [0.15, 0.2) is 27.3 Å². The van der Waals surface area contributed by atoms with Gasteiger partial charge in [-0.2, -0.15) is 4.39 Å². The highest BCUT2D eigenvalue weighted by Crippen LogP contribution is 2.52. The molecule has 0 saturated carbocycles. The minimum Gasteiger partial charge on any atom is -0.510 e. The van der Waals surface area contributed by atoms with E-state index in [1.807, 2.05) is 0 Å². The predicted octanol–water partition coefficient (Wildman–Crippen LogP) is 0.417. The molecule has 0 aromatic carbocycles. The van der Waals surface area contributed by atoms with E-state index in [2.05, 4.69) is 20.9 Å². The van der Waals surface area contributed by atoms with E-state index >= 15 is 0 Å². The van der Waals surface area contributed by atoms with Gasteiger partial charge >= 0.3 is 0 Å². The van der Waals surface area contributed by atoms with Crippen LogP contribution in [0.1, 0.15) is 22.3 Å². The molecule has 10 nitrogen and oxygen atoms in total. The molecule has 1 amide bonds. The van der Waals surface area contributed by atoms with Crippen molar-refractivity contribution in [3.8, 4) is 5.75 Å². The molecule has 6 N–H and O–H groups in total. The number of Topliss-reactive ketones (excluding diaryl/α,β-unsaturated/α-hetero) is 2. The standard InChI is InChI=1S/C20H19BrFN3O7/c1-25(2)11-7-4-5-3-6-9(14(28)17(21)24-18(6)22)12(26)8(5)15(29)20(7,32)16(30)10(13(11)27)19(23)31/h5,7,11,27-29,32H,3-4H2,1-2H3,(H2,23,31)/t5-,7-,11-,20-/m0/s1. The number of allylic oxidation sites excluding steroid dienone is 1. The average molecular weight is 512 g/mol. The van der Waals surface area contributed by atoms with Crippen LogP contribution >= 0.6 is 15.9 Å². The van der Waals surface area contributed by atoms with Crippen molar-refractivity contribution >= 4 is 33.4 Å². The molecule has 32 heavy (non-hydrogen) atoms. The molecule has 0 unspecified atom stereocenters. The van der Waals surface area contributed by atoms with Crippen molar-refractivity contribution in [1.29, 1.82) is 0 Å². The van der Waals surface area contributed by atoms with Crippen molar-refractivity contribution in [3.05, 3.63) is 44.3 Å². The Kier molecular flexibility index (Phi) is 4.95. The SMILES string of the molecule is CN(C)[C@@H]1C(O)=C(C(N)=O)C(=O)[C@@]2(O)C(O)=C3C(=O)c4c(O)c(Br)nc(F)c4C[C@H]3C[C@@H]12. The van der Waals surface area contributed by atoms with Gasteiger partial charge in [0.1, 0.15) is 17.1 Å². The van der Waals surface area contributed by atoms with E-state index < -0.39 is 75.3 Å². The normalized spacial score (nSPS) is 29.8. The van der Waals surface area contributed by atoms with Crippen LogP contribution in [-0.2, 0) is 16.0 Å². The third-order valence-corrected chi connectivity index (χ3v) is 7.05. The number of carbonyl (C=O) groups excluding carboxylic acids is 3. The van der Waals surface area contributed by atoms with Crippen molar-refractivity contribution < 1.29 is 39.2 Å². The Morgan fingerprint density at radius 2 is 1.91 bits per heavy atom. The Labute approximate surface area is 189 Å². The number of nitrogens with two attached hydrogens (primary N) is 1. The Bertz CT molecular complexity index is 1180. The van der Waals surface area contributed by atoms with E-state index in [0.717, 1.165) is 0 Å². The first kappa shape index (κ1) is 22.4. The van der Waals surface area contributed by atoms with Gasteiger partial charge in [-0.1, -0.05) is 0 Å². The number of carbonyl (C=O) groups is 3. The van der Waals surface area contributed by atoms with Crippen molar-refractivity contribution in [2.75, 3.05) is 14.1 Å².